The van der Waals surface area contributed by atoms with Gasteiger partial charge in [-0.2, -0.15) is 0 Å². The zero-order valence-corrected chi connectivity index (χ0v) is 11.7. The first-order valence-electron chi connectivity index (χ1n) is 6.28. The lowest BCUT2D eigenvalue weighted by Crippen LogP contribution is -2.36. The van der Waals surface area contributed by atoms with Crippen molar-refractivity contribution in [2.45, 2.75) is 46.6 Å². The molecule has 0 aromatic carbocycles. The molecule has 0 radical (unpaired) electrons. The fourth-order valence-corrected chi connectivity index (χ4v) is 1.43. The second kappa shape index (κ2) is 5.97. The Kier molecular flexibility index (Phi) is 4.88. The lowest BCUT2D eigenvalue weighted by atomic mass is 10.1. The molecule has 0 aliphatic carbocycles. The van der Waals surface area contributed by atoms with Crippen molar-refractivity contribution in [2.24, 2.45) is 0 Å². The second-order valence-corrected chi connectivity index (χ2v) is 5.52. The Hall–Kier alpha value is -1.15. The van der Waals surface area contributed by atoms with Gasteiger partial charge >= 0.3 is 0 Å². The van der Waals surface area contributed by atoms with E-state index in [1.54, 1.807) is 0 Å². The molecule has 0 saturated carbocycles. The molecule has 1 heterocycles. The molecule has 1 aromatic heterocycles. The molecule has 94 valence electrons. The summed E-state index contributed by atoms with van der Waals surface area (Å²) in [4.78, 5) is 4.41. The monoisotopic (exact) mass is 232 g/mol. The van der Waals surface area contributed by atoms with E-state index in [4.69, 9.17) is 0 Å². The molecule has 0 bridgehead atoms. The number of nitrogens with one attached hydrogen (secondary N) is 1. The third-order valence-electron chi connectivity index (χ3n) is 2.59. The van der Waals surface area contributed by atoms with E-state index in [1.807, 2.05) is 6.20 Å². The fourth-order valence-electron chi connectivity index (χ4n) is 1.43. The third kappa shape index (κ3) is 5.64. The van der Waals surface area contributed by atoms with Gasteiger partial charge in [0.2, 0.25) is 0 Å². The Morgan fingerprint density at radius 1 is 1.35 bits per heavy atom. The lowest BCUT2D eigenvalue weighted by molar-refractivity contribution is 0.443. The van der Waals surface area contributed by atoms with E-state index < -0.39 is 0 Å². The van der Waals surface area contributed by atoms with Gasteiger partial charge < -0.3 is 5.32 Å². The maximum Gasteiger partial charge on any atom is 0.0629 e. The maximum atomic E-state index is 4.41. The van der Waals surface area contributed by atoms with Crippen LogP contribution in [0.1, 0.15) is 45.4 Å². The molecule has 1 rings (SSSR count). The number of hydrogen-bond donors (Lipinski definition) is 1. The number of rotatable bonds is 4. The Morgan fingerprint density at radius 3 is 2.53 bits per heavy atom. The number of hydrogen-bond acceptors (Lipinski definition) is 2. The first-order valence-corrected chi connectivity index (χ1v) is 6.28. The van der Waals surface area contributed by atoms with E-state index in [-0.39, 0.29) is 5.54 Å². The summed E-state index contributed by atoms with van der Waals surface area (Å²) >= 11 is 0. The first kappa shape index (κ1) is 13.9. The Balaban J connectivity index is 2.69. The van der Waals surface area contributed by atoms with E-state index in [0.717, 1.165) is 18.7 Å². The first-order chi connectivity index (χ1) is 7.90. The molecular weight excluding hydrogens is 208 g/mol. The van der Waals surface area contributed by atoms with E-state index in [1.165, 1.54) is 11.1 Å². The summed E-state index contributed by atoms with van der Waals surface area (Å²) in [5.74, 6) is 0. The van der Waals surface area contributed by atoms with Gasteiger partial charge in [0.25, 0.3) is 0 Å². The number of nitrogens with zero attached hydrogens (tertiary/aromatic N) is 1. The molecule has 0 fully saturated rings. The van der Waals surface area contributed by atoms with Crippen molar-refractivity contribution in [1.29, 1.82) is 0 Å². The topological polar surface area (TPSA) is 24.9 Å². The van der Waals surface area contributed by atoms with Crippen LogP contribution < -0.4 is 5.32 Å². The van der Waals surface area contributed by atoms with Crippen molar-refractivity contribution in [3.05, 3.63) is 35.2 Å². The molecule has 2 nitrogen and oxygen atoms in total. The molecule has 17 heavy (non-hydrogen) atoms. The summed E-state index contributed by atoms with van der Waals surface area (Å²) in [6, 6.07) is 4.17. The van der Waals surface area contributed by atoms with Crippen LogP contribution in [-0.4, -0.2) is 17.1 Å². The highest BCUT2D eigenvalue weighted by Crippen LogP contribution is 2.09. The van der Waals surface area contributed by atoms with Crippen molar-refractivity contribution in [3.63, 3.8) is 0 Å². The Labute approximate surface area is 105 Å². The van der Waals surface area contributed by atoms with Gasteiger partial charge in [-0.15, -0.1) is 0 Å². The minimum Gasteiger partial charge on any atom is -0.308 e. The van der Waals surface area contributed by atoms with Crippen molar-refractivity contribution in [3.8, 4) is 0 Å². The van der Waals surface area contributed by atoms with Gasteiger partial charge in [0, 0.05) is 18.3 Å². The highest BCUT2D eigenvalue weighted by molar-refractivity contribution is 5.49. The SMILES string of the molecule is CC/C(=C/c1ccc(C)cn1)CNC(C)(C)C. The van der Waals surface area contributed by atoms with Crippen LogP contribution in [0.15, 0.2) is 23.9 Å². The van der Waals surface area contributed by atoms with Crippen LogP contribution in [0.2, 0.25) is 0 Å². The van der Waals surface area contributed by atoms with Gasteiger partial charge in [0.15, 0.2) is 0 Å². The molecule has 0 unspecified atom stereocenters. The lowest BCUT2D eigenvalue weighted by Gasteiger charge is -2.21. The summed E-state index contributed by atoms with van der Waals surface area (Å²) in [5.41, 5.74) is 3.79. The zero-order chi connectivity index (χ0) is 12.9. The summed E-state index contributed by atoms with van der Waals surface area (Å²) in [6.45, 7) is 11.7. The van der Waals surface area contributed by atoms with Crippen LogP contribution in [0.5, 0.6) is 0 Å². The molecule has 1 aromatic rings. The molecule has 0 aliphatic rings. The Bertz CT molecular complexity index is 369. The Morgan fingerprint density at radius 2 is 2.06 bits per heavy atom. The minimum absolute atomic E-state index is 0.162. The molecule has 2 heteroatoms. The minimum atomic E-state index is 0.162. The van der Waals surface area contributed by atoms with Crippen LogP contribution in [-0.2, 0) is 0 Å². The number of pyridine rings is 1. The highest BCUT2D eigenvalue weighted by Gasteiger charge is 2.08. The molecular formula is C15H24N2. The summed E-state index contributed by atoms with van der Waals surface area (Å²) in [6.07, 6.45) is 5.15. The van der Waals surface area contributed by atoms with E-state index in [0.29, 0.717) is 0 Å². The van der Waals surface area contributed by atoms with E-state index in [2.05, 4.69) is 63.1 Å². The van der Waals surface area contributed by atoms with Crippen molar-refractivity contribution in [1.82, 2.24) is 10.3 Å². The third-order valence-corrected chi connectivity index (χ3v) is 2.59. The molecule has 0 aliphatic heterocycles. The average molecular weight is 232 g/mol. The van der Waals surface area contributed by atoms with Crippen LogP contribution in [0.4, 0.5) is 0 Å². The predicted octanol–water partition coefficient (Wildman–Crippen LogP) is 3.57. The van der Waals surface area contributed by atoms with Crippen molar-refractivity contribution in [2.75, 3.05) is 6.54 Å². The van der Waals surface area contributed by atoms with Crippen LogP contribution in [0.25, 0.3) is 6.08 Å². The largest absolute Gasteiger partial charge is 0.308 e. The van der Waals surface area contributed by atoms with Crippen LogP contribution in [0, 0.1) is 6.92 Å². The number of aromatic nitrogens is 1. The number of aryl methyl sites for hydroxylation is 1. The zero-order valence-electron chi connectivity index (χ0n) is 11.7. The van der Waals surface area contributed by atoms with Gasteiger partial charge in [0.05, 0.1) is 5.69 Å². The van der Waals surface area contributed by atoms with Crippen LogP contribution >= 0.6 is 0 Å². The van der Waals surface area contributed by atoms with E-state index >= 15 is 0 Å². The summed E-state index contributed by atoms with van der Waals surface area (Å²) in [5, 5.41) is 3.51. The van der Waals surface area contributed by atoms with Crippen molar-refractivity contribution < 1.29 is 0 Å². The normalized spacial score (nSPS) is 12.9. The van der Waals surface area contributed by atoms with Gasteiger partial charge in [0.1, 0.15) is 0 Å². The average Bonchev–Trinajstić information content (AvgIpc) is 2.25. The second-order valence-electron chi connectivity index (χ2n) is 5.52. The van der Waals surface area contributed by atoms with Gasteiger partial charge in [-0.05, 0) is 51.8 Å². The van der Waals surface area contributed by atoms with E-state index in [9.17, 15) is 0 Å². The quantitative estimate of drug-likeness (QED) is 0.858. The molecule has 0 saturated heterocycles. The van der Waals surface area contributed by atoms with Gasteiger partial charge in [-0.3, -0.25) is 4.98 Å². The summed E-state index contributed by atoms with van der Waals surface area (Å²) < 4.78 is 0. The molecule has 1 N–H and O–H groups in total. The maximum absolute atomic E-state index is 4.41. The van der Waals surface area contributed by atoms with Crippen LogP contribution in [0.3, 0.4) is 0 Å². The molecule has 0 atom stereocenters. The predicted molar refractivity (Wildman–Crippen MR) is 75.0 cm³/mol. The van der Waals surface area contributed by atoms with Gasteiger partial charge in [-0.25, -0.2) is 0 Å². The molecule has 0 spiro atoms. The summed E-state index contributed by atoms with van der Waals surface area (Å²) in [7, 11) is 0. The highest BCUT2D eigenvalue weighted by atomic mass is 14.9. The van der Waals surface area contributed by atoms with Gasteiger partial charge in [-0.1, -0.05) is 18.6 Å². The smallest absolute Gasteiger partial charge is 0.0629 e. The standard InChI is InChI=1S/C15H24N2/c1-6-13(11-17-15(3,4)5)9-14-8-7-12(2)10-16-14/h7-10,17H,6,11H2,1-5H3/b13-9-. The fraction of sp³-hybridized carbons (Fsp3) is 0.533. The molecule has 0 amide bonds. The van der Waals surface area contributed by atoms with Crippen molar-refractivity contribution >= 4 is 6.08 Å².